The summed E-state index contributed by atoms with van der Waals surface area (Å²) in [5.41, 5.74) is 6.35. The van der Waals surface area contributed by atoms with Gasteiger partial charge in [0.05, 0.1) is 12.7 Å². The summed E-state index contributed by atoms with van der Waals surface area (Å²) in [4.78, 5) is 1.48. The molecule has 1 heterocycles. The van der Waals surface area contributed by atoms with E-state index in [0.717, 1.165) is 5.56 Å². The molecule has 6 heteroatoms. The third kappa shape index (κ3) is 2.40. The van der Waals surface area contributed by atoms with Crippen LogP contribution in [-0.2, 0) is 6.54 Å². The van der Waals surface area contributed by atoms with E-state index in [-0.39, 0.29) is 0 Å². The van der Waals surface area contributed by atoms with Crippen LogP contribution in [0.15, 0.2) is 24.4 Å². The predicted molar refractivity (Wildman–Crippen MR) is 60.0 cm³/mol. The summed E-state index contributed by atoms with van der Waals surface area (Å²) in [5.74, 6) is 0.389. The van der Waals surface area contributed by atoms with Gasteiger partial charge >= 0.3 is 0 Å². The molecule has 0 aliphatic heterocycles. The molecule has 0 aliphatic carbocycles. The molecule has 0 bridgehead atoms. The van der Waals surface area contributed by atoms with Gasteiger partial charge in [-0.3, -0.25) is 0 Å². The molecule has 2 aromatic rings. The summed E-state index contributed by atoms with van der Waals surface area (Å²) in [6, 6.07) is 5.30. The van der Waals surface area contributed by atoms with Crippen LogP contribution in [0.4, 0.5) is 5.82 Å². The highest BCUT2D eigenvalue weighted by atomic mass is 35.5. The minimum absolute atomic E-state index is 0.389. The SMILES string of the molecule is Nc1cnn(Cc2ccc(Cl)cc2Cl)n1. The second-order valence-electron chi connectivity index (χ2n) is 3.04. The van der Waals surface area contributed by atoms with Crippen molar-refractivity contribution < 1.29 is 0 Å². The van der Waals surface area contributed by atoms with Gasteiger partial charge in [-0.05, 0) is 17.7 Å². The normalized spacial score (nSPS) is 10.5. The second-order valence-corrected chi connectivity index (χ2v) is 3.88. The van der Waals surface area contributed by atoms with Gasteiger partial charge in [-0.25, -0.2) is 0 Å². The van der Waals surface area contributed by atoms with Crippen molar-refractivity contribution in [2.75, 3.05) is 5.73 Å². The van der Waals surface area contributed by atoms with Gasteiger partial charge in [0.1, 0.15) is 0 Å². The Bertz CT molecular complexity index is 481. The monoisotopic (exact) mass is 242 g/mol. The summed E-state index contributed by atoms with van der Waals surface area (Å²) >= 11 is 11.8. The van der Waals surface area contributed by atoms with Gasteiger partial charge in [0.2, 0.25) is 0 Å². The fourth-order valence-corrected chi connectivity index (χ4v) is 1.66. The summed E-state index contributed by atoms with van der Waals surface area (Å²) < 4.78 is 0. The average molecular weight is 243 g/mol. The van der Waals surface area contributed by atoms with Crippen LogP contribution in [-0.4, -0.2) is 15.0 Å². The Morgan fingerprint density at radius 1 is 1.33 bits per heavy atom. The zero-order valence-corrected chi connectivity index (χ0v) is 9.20. The molecule has 0 fully saturated rings. The van der Waals surface area contributed by atoms with Crippen LogP contribution in [0.1, 0.15) is 5.56 Å². The molecular weight excluding hydrogens is 235 g/mol. The maximum Gasteiger partial charge on any atom is 0.165 e. The van der Waals surface area contributed by atoms with Crippen LogP contribution in [0, 0.1) is 0 Å². The maximum absolute atomic E-state index is 6.00. The molecule has 78 valence electrons. The van der Waals surface area contributed by atoms with Crippen molar-refractivity contribution in [3.8, 4) is 0 Å². The van der Waals surface area contributed by atoms with Crippen LogP contribution in [0.5, 0.6) is 0 Å². The fourth-order valence-electron chi connectivity index (χ4n) is 1.19. The molecule has 0 amide bonds. The van der Waals surface area contributed by atoms with Gasteiger partial charge in [0, 0.05) is 10.0 Å². The number of benzene rings is 1. The van der Waals surface area contributed by atoms with Crippen molar-refractivity contribution in [1.82, 2.24) is 15.0 Å². The molecule has 1 aromatic heterocycles. The number of nitrogens with zero attached hydrogens (tertiary/aromatic N) is 3. The molecule has 0 radical (unpaired) electrons. The lowest BCUT2D eigenvalue weighted by molar-refractivity contribution is 0.593. The first-order chi connectivity index (χ1) is 7.15. The summed E-state index contributed by atoms with van der Waals surface area (Å²) in [7, 11) is 0. The molecule has 0 atom stereocenters. The van der Waals surface area contributed by atoms with Crippen molar-refractivity contribution in [2.24, 2.45) is 0 Å². The van der Waals surface area contributed by atoms with Crippen LogP contribution in [0.2, 0.25) is 10.0 Å². The van der Waals surface area contributed by atoms with Crippen molar-refractivity contribution in [2.45, 2.75) is 6.54 Å². The molecule has 2 N–H and O–H groups in total. The minimum Gasteiger partial charge on any atom is -0.381 e. The maximum atomic E-state index is 6.00. The number of halogens is 2. The summed E-state index contributed by atoms with van der Waals surface area (Å²) in [6.45, 7) is 0.479. The number of hydrogen-bond donors (Lipinski definition) is 1. The average Bonchev–Trinajstić information content (AvgIpc) is 2.56. The predicted octanol–water partition coefficient (Wildman–Crippen LogP) is 2.22. The topological polar surface area (TPSA) is 56.7 Å². The molecule has 0 unspecified atom stereocenters. The molecule has 0 saturated heterocycles. The number of aromatic nitrogens is 3. The lowest BCUT2D eigenvalue weighted by Crippen LogP contribution is -2.04. The van der Waals surface area contributed by atoms with Crippen molar-refractivity contribution in [3.05, 3.63) is 40.0 Å². The first-order valence-corrected chi connectivity index (χ1v) is 5.00. The third-order valence-electron chi connectivity index (χ3n) is 1.88. The first-order valence-electron chi connectivity index (χ1n) is 4.24. The summed E-state index contributed by atoms with van der Waals surface area (Å²) in [5, 5.41) is 9.13. The Morgan fingerprint density at radius 2 is 2.13 bits per heavy atom. The first kappa shape index (κ1) is 10.3. The number of anilines is 1. The molecule has 0 aliphatic rings. The fraction of sp³-hybridized carbons (Fsp3) is 0.111. The highest BCUT2D eigenvalue weighted by Crippen LogP contribution is 2.21. The minimum atomic E-state index is 0.389. The lowest BCUT2D eigenvalue weighted by atomic mass is 10.2. The van der Waals surface area contributed by atoms with E-state index in [4.69, 9.17) is 28.9 Å². The number of nitrogen functional groups attached to an aromatic ring is 1. The number of nitrogens with two attached hydrogens (primary N) is 1. The standard InChI is InChI=1S/C9H8Cl2N4/c10-7-2-1-6(8(11)3-7)5-15-13-4-9(12)14-15/h1-4H,5H2,(H2,12,14). The Hall–Kier alpha value is -1.26. The number of hydrogen-bond acceptors (Lipinski definition) is 3. The molecule has 15 heavy (non-hydrogen) atoms. The molecule has 4 nitrogen and oxygen atoms in total. The van der Waals surface area contributed by atoms with E-state index in [0.29, 0.717) is 22.4 Å². The second kappa shape index (κ2) is 4.08. The van der Waals surface area contributed by atoms with Gasteiger partial charge in [0.15, 0.2) is 5.82 Å². The lowest BCUT2D eigenvalue weighted by Gasteiger charge is -2.03. The van der Waals surface area contributed by atoms with E-state index >= 15 is 0 Å². The smallest absolute Gasteiger partial charge is 0.165 e. The Labute approximate surface area is 96.6 Å². The highest BCUT2D eigenvalue weighted by molar-refractivity contribution is 6.35. The van der Waals surface area contributed by atoms with Crippen LogP contribution in [0.3, 0.4) is 0 Å². The van der Waals surface area contributed by atoms with Gasteiger partial charge in [-0.15, -0.1) is 5.10 Å². The zero-order chi connectivity index (χ0) is 10.8. The molecular formula is C9H8Cl2N4. The summed E-state index contributed by atoms with van der Waals surface area (Å²) in [6.07, 6.45) is 1.49. The van der Waals surface area contributed by atoms with E-state index in [1.54, 1.807) is 12.1 Å². The van der Waals surface area contributed by atoms with Gasteiger partial charge in [-0.1, -0.05) is 29.3 Å². The zero-order valence-electron chi connectivity index (χ0n) is 7.69. The van der Waals surface area contributed by atoms with E-state index in [1.807, 2.05) is 6.07 Å². The van der Waals surface area contributed by atoms with E-state index in [2.05, 4.69) is 10.2 Å². The van der Waals surface area contributed by atoms with E-state index in [1.165, 1.54) is 11.0 Å². The van der Waals surface area contributed by atoms with E-state index < -0.39 is 0 Å². The van der Waals surface area contributed by atoms with Crippen LogP contribution < -0.4 is 5.73 Å². The van der Waals surface area contributed by atoms with Crippen molar-refractivity contribution in [3.63, 3.8) is 0 Å². The molecule has 2 rings (SSSR count). The highest BCUT2D eigenvalue weighted by Gasteiger charge is 2.03. The quantitative estimate of drug-likeness (QED) is 0.879. The Balaban J connectivity index is 2.24. The molecule has 0 saturated carbocycles. The van der Waals surface area contributed by atoms with Crippen molar-refractivity contribution in [1.29, 1.82) is 0 Å². The van der Waals surface area contributed by atoms with Crippen LogP contribution >= 0.6 is 23.2 Å². The third-order valence-corrected chi connectivity index (χ3v) is 2.47. The van der Waals surface area contributed by atoms with Crippen molar-refractivity contribution >= 4 is 29.0 Å². The molecule has 0 spiro atoms. The van der Waals surface area contributed by atoms with Gasteiger partial charge < -0.3 is 5.73 Å². The Kier molecular flexibility index (Phi) is 2.79. The molecule has 1 aromatic carbocycles. The largest absolute Gasteiger partial charge is 0.381 e. The van der Waals surface area contributed by atoms with Crippen LogP contribution in [0.25, 0.3) is 0 Å². The van der Waals surface area contributed by atoms with Gasteiger partial charge in [-0.2, -0.15) is 9.90 Å². The van der Waals surface area contributed by atoms with E-state index in [9.17, 15) is 0 Å². The number of rotatable bonds is 2. The Morgan fingerprint density at radius 3 is 2.73 bits per heavy atom. The van der Waals surface area contributed by atoms with Gasteiger partial charge in [0.25, 0.3) is 0 Å².